The zero-order chi connectivity index (χ0) is 14.6. The van der Waals surface area contributed by atoms with Crippen molar-refractivity contribution in [2.24, 2.45) is 10.5 Å². The topological polar surface area (TPSA) is 24.4 Å². The van der Waals surface area contributed by atoms with Crippen LogP contribution in [-0.2, 0) is 0 Å². The van der Waals surface area contributed by atoms with Crippen LogP contribution in [0.1, 0.15) is 34.1 Å². The molecule has 1 aromatic rings. The van der Waals surface area contributed by atoms with Gasteiger partial charge in [0.15, 0.2) is 0 Å². The van der Waals surface area contributed by atoms with Gasteiger partial charge in [0.1, 0.15) is 5.82 Å². The van der Waals surface area contributed by atoms with E-state index in [4.69, 9.17) is 11.6 Å². The molecule has 1 N–H and O–H groups in total. The van der Waals surface area contributed by atoms with Crippen LogP contribution >= 0.6 is 11.6 Å². The molecule has 0 saturated heterocycles. The highest BCUT2D eigenvalue weighted by molar-refractivity contribution is 6.31. The molecular formula is C15H20ClFN2. The zero-order valence-corrected chi connectivity index (χ0v) is 12.6. The van der Waals surface area contributed by atoms with Gasteiger partial charge in [0, 0.05) is 17.5 Å². The molecule has 104 valence electrons. The highest BCUT2D eigenvalue weighted by Gasteiger charge is 2.19. The largest absolute Gasteiger partial charge is 0.278 e. The summed E-state index contributed by atoms with van der Waals surface area (Å²) in [5.41, 5.74) is 5.56. The first-order chi connectivity index (χ1) is 8.70. The van der Waals surface area contributed by atoms with Crippen LogP contribution in [-0.4, -0.2) is 5.71 Å². The van der Waals surface area contributed by atoms with E-state index in [0.29, 0.717) is 5.69 Å². The first kappa shape index (κ1) is 15.7. The standard InChI is InChI=1S/C15H20ClFN2/c1-10(2)8-14(15(3,4)5)19-18-11-6-7-13(17)12(16)9-11/h6-7,9,18H,1,8H2,2-5H3/b19-14-. The Morgan fingerprint density at radius 1 is 1.42 bits per heavy atom. The number of halogens is 2. The Morgan fingerprint density at radius 3 is 2.53 bits per heavy atom. The van der Waals surface area contributed by atoms with E-state index in [2.05, 4.69) is 37.9 Å². The Morgan fingerprint density at radius 2 is 2.05 bits per heavy atom. The molecule has 1 aromatic carbocycles. The van der Waals surface area contributed by atoms with E-state index < -0.39 is 5.82 Å². The number of nitrogens with zero attached hydrogens (tertiary/aromatic N) is 1. The average molecular weight is 283 g/mol. The molecule has 0 spiro atoms. The molecule has 2 nitrogen and oxygen atoms in total. The highest BCUT2D eigenvalue weighted by Crippen LogP contribution is 2.23. The summed E-state index contributed by atoms with van der Waals surface area (Å²) in [7, 11) is 0. The molecule has 19 heavy (non-hydrogen) atoms. The zero-order valence-electron chi connectivity index (χ0n) is 11.8. The van der Waals surface area contributed by atoms with Gasteiger partial charge in [-0.3, -0.25) is 5.43 Å². The van der Waals surface area contributed by atoms with E-state index in [1.807, 2.05) is 6.92 Å². The van der Waals surface area contributed by atoms with E-state index >= 15 is 0 Å². The van der Waals surface area contributed by atoms with Crippen molar-refractivity contribution >= 4 is 23.0 Å². The molecule has 0 radical (unpaired) electrons. The molecule has 0 aliphatic carbocycles. The molecule has 0 aromatic heterocycles. The second-order valence-corrected chi connectivity index (χ2v) is 6.09. The number of rotatable bonds is 4. The fourth-order valence-electron chi connectivity index (χ4n) is 1.46. The maximum absolute atomic E-state index is 13.1. The van der Waals surface area contributed by atoms with E-state index in [9.17, 15) is 4.39 Å². The van der Waals surface area contributed by atoms with Crippen molar-refractivity contribution in [3.05, 3.63) is 41.2 Å². The summed E-state index contributed by atoms with van der Waals surface area (Å²) in [6.07, 6.45) is 0.728. The molecule has 4 heteroatoms. The van der Waals surface area contributed by atoms with Crippen molar-refractivity contribution in [1.29, 1.82) is 0 Å². The summed E-state index contributed by atoms with van der Waals surface area (Å²) < 4.78 is 13.1. The Hall–Kier alpha value is -1.35. The SMILES string of the molecule is C=C(C)C/C(=N/Nc1ccc(F)c(Cl)c1)C(C)(C)C. The summed E-state index contributed by atoms with van der Waals surface area (Å²) in [6.45, 7) is 12.2. The monoisotopic (exact) mass is 282 g/mol. The van der Waals surface area contributed by atoms with Gasteiger partial charge in [-0.25, -0.2) is 4.39 Å². The number of benzene rings is 1. The van der Waals surface area contributed by atoms with Crippen LogP contribution in [0.4, 0.5) is 10.1 Å². The van der Waals surface area contributed by atoms with Crippen LogP contribution in [0.15, 0.2) is 35.5 Å². The molecule has 1 rings (SSSR count). The minimum atomic E-state index is -0.436. The van der Waals surface area contributed by atoms with E-state index in [1.165, 1.54) is 12.1 Å². The van der Waals surface area contributed by atoms with Crippen LogP contribution in [0, 0.1) is 11.2 Å². The van der Waals surface area contributed by atoms with Crippen LogP contribution in [0.3, 0.4) is 0 Å². The van der Waals surface area contributed by atoms with Gasteiger partial charge in [-0.15, -0.1) is 0 Å². The van der Waals surface area contributed by atoms with Crippen LogP contribution < -0.4 is 5.43 Å². The molecular weight excluding hydrogens is 263 g/mol. The van der Waals surface area contributed by atoms with Crippen LogP contribution in [0.5, 0.6) is 0 Å². The predicted octanol–water partition coefficient (Wildman–Crippen LogP) is 5.26. The number of hydrogen-bond donors (Lipinski definition) is 1. The Bertz CT molecular complexity index is 501. The average Bonchev–Trinajstić information content (AvgIpc) is 2.27. The molecule has 0 aliphatic rings. The lowest BCUT2D eigenvalue weighted by Crippen LogP contribution is -2.21. The number of hydrogen-bond acceptors (Lipinski definition) is 2. The first-order valence-electron chi connectivity index (χ1n) is 6.12. The summed E-state index contributed by atoms with van der Waals surface area (Å²) in [4.78, 5) is 0. The molecule has 0 saturated carbocycles. The van der Waals surface area contributed by atoms with Gasteiger partial charge in [-0.05, 0) is 25.1 Å². The fourth-order valence-corrected chi connectivity index (χ4v) is 1.64. The predicted molar refractivity (Wildman–Crippen MR) is 81.4 cm³/mol. The van der Waals surface area contributed by atoms with Crippen molar-refractivity contribution in [2.75, 3.05) is 5.43 Å². The molecule has 0 unspecified atom stereocenters. The maximum Gasteiger partial charge on any atom is 0.141 e. The lowest BCUT2D eigenvalue weighted by Gasteiger charge is -2.21. The molecule has 0 bridgehead atoms. The van der Waals surface area contributed by atoms with Crippen molar-refractivity contribution in [1.82, 2.24) is 0 Å². The maximum atomic E-state index is 13.1. The Kier molecular flexibility index (Phi) is 5.12. The number of anilines is 1. The minimum absolute atomic E-state index is 0.0597. The van der Waals surface area contributed by atoms with Gasteiger partial charge in [-0.1, -0.05) is 44.5 Å². The lowest BCUT2D eigenvalue weighted by molar-refractivity contribution is 0.580. The van der Waals surface area contributed by atoms with Crippen molar-refractivity contribution in [3.63, 3.8) is 0 Å². The quantitative estimate of drug-likeness (QED) is 0.455. The normalized spacial score (nSPS) is 12.4. The molecule has 0 aliphatic heterocycles. The van der Waals surface area contributed by atoms with Crippen molar-refractivity contribution in [3.8, 4) is 0 Å². The molecule has 0 atom stereocenters. The summed E-state index contributed by atoms with van der Waals surface area (Å²) in [6, 6.07) is 4.43. The third-order valence-electron chi connectivity index (χ3n) is 2.57. The van der Waals surface area contributed by atoms with Crippen LogP contribution in [0.25, 0.3) is 0 Å². The third kappa shape index (κ3) is 5.03. The second-order valence-electron chi connectivity index (χ2n) is 5.68. The molecule has 0 amide bonds. The van der Waals surface area contributed by atoms with Gasteiger partial charge in [0.25, 0.3) is 0 Å². The first-order valence-corrected chi connectivity index (χ1v) is 6.50. The third-order valence-corrected chi connectivity index (χ3v) is 2.86. The molecule has 0 fully saturated rings. The van der Waals surface area contributed by atoms with Crippen LogP contribution in [0.2, 0.25) is 5.02 Å². The van der Waals surface area contributed by atoms with Crippen molar-refractivity contribution < 1.29 is 4.39 Å². The fraction of sp³-hybridized carbons (Fsp3) is 0.400. The van der Waals surface area contributed by atoms with E-state index in [1.54, 1.807) is 6.07 Å². The Labute approximate surface area is 119 Å². The number of allylic oxidation sites excluding steroid dienone is 1. The van der Waals surface area contributed by atoms with Crippen molar-refractivity contribution in [2.45, 2.75) is 34.1 Å². The second kappa shape index (κ2) is 6.20. The van der Waals surface area contributed by atoms with Gasteiger partial charge in [0.2, 0.25) is 0 Å². The van der Waals surface area contributed by atoms with Gasteiger partial charge in [0.05, 0.1) is 10.7 Å². The van der Waals surface area contributed by atoms with Gasteiger partial charge < -0.3 is 0 Å². The number of hydrazone groups is 1. The lowest BCUT2D eigenvalue weighted by atomic mass is 9.86. The van der Waals surface area contributed by atoms with E-state index in [0.717, 1.165) is 17.7 Å². The Balaban J connectivity index is 2.91. The summed E-state index contributed by atoms with van der Waals surface area (Å²) in [5.74, 6) is -0.436. The smallest absolute Gasteiger partial charge is 0.141 e. The van der Waals surface area contributed by atoms with Gasteiger partial charge in [-0.2, -0.15) is 5.10 Å². The summed E-state index contributed by atoms with van der Waals surface area (Å²) >= 11 is 5.73. The van der Waals surface area contributed by atoms with E-state index in [-0.39, 0.29) is 10.4 Å². The van der Waals surface area contributed by atoms with Gasteiger partial charge >= 0.3 is 0 Å². The highest BCUT2D eigenvalue weighted by atomic mass is 35.5. The summed E-state index contributed by atoms with van der Waals surface area (Å²) in [5, 5.41) is 4.48. The minimum Gasteiger partial charge on any atom is -0.278 e. The number of nitrogens with one attached hydrogen (secondary N) is 1. The molecule has 0 heterocycles.